The molecule has 0 unspecified atom stereocenters. The lowest BCUT2D eigenvalue weighted by Crippen LogP contribution is -2.32. The highest BCUT2D eigenvalue weighted by Crippen LogP contribution is 2.59. The van der Waals surface area contributed by atoms with Gasteiger partial charge >= 0.3 is 6.18 Å². The van der Waals surface area contributed by atoms with Crippen LogP contribution in [0.3, 0.4) is 0 Å². The Kier molecular flexibility index (Phi) is 5.27. The van der Waals surface area contributed by atoms with Crippen molar-refractivity contribution in [2.45, 2.75) is 62.4 Å². The first kappa shape index (κ1) is 22.1. The van der Waals surface area contributed by atoms with E-state index in [1.165, 1.54) is 0 Å². The van der Waals surface area contributed by atoms with E-state index in [9.17, 15) is 18.0 Å². The highest BCUT2D eigenvalue weighted by Gasteiger charge is 2.55. The van der Waals surface area contributed by atoms with E-state index in [4.69, 9.17) is 18.6 Å². The first-order valence-corrected chi connectivity index (χ1v) is 11.7. The average molecular weight is 481 g/mol. The van der Waals surface area contributed by atoms with Crippen molar-refractivity contribution < 1.29 is 36.6 Å². The smallest absolute Gasteiger partial charge is 0.420 e. The number of hydrogen-bond acceptors (Lipinski definition) is 6. The molecule has 1 N–H and O–H groups in total. The van der Waals surface area contributed by atoms with Crippen molar-refractivity contribution in [3.05, 3.63) is 28.8 Å². The van der Waals surface area contributed by atoms with Crippen LogP contribution in [0.5, 0.6) is 0 Å². The van der Waals surface area contributed by atoms with Gasteiger partial charge in [-0.1, -0.05) is 0 Å². The molecule has 1 saturated carbocycles. The molecule has 2 aliphatic carbocycles. The quantitative estimate of drug-likeness (QED) is 0.707. The number of aromatic nitrogens is 2. The van der Waals surface area contributed by atoms with Gasteiger partial charge in [0, 0.05) is 36.7 Å². The van der Waals surface area contributed by atoms with Gasteiger partial charge in [-0.15, -0.1) is 0 Å². The molecule has 2 saturated heterocycles. The van der Waals surface area contributed by atoms with Crippen LogP contribution in [0, 0.1) is 0 Å². The Morgan fingerprint density at radius 1 is 1.21 bits per heavy atom. The summed E-state index contributed by atoms with van der Waals surface area (Å²) in [5.41, 5.74) is -0.399. The lowest BCUT2D eigenvalue weighted by molar-refractivity contribution is -0.137. The zero-order chi connectivity index (χ0) is 23.5. The number of alkyl halides is 3. The van der Waals surface area contributed by atoms with Crippen LogP contribution in [0.2, 0.25) is 0 Å². The number of hydrogen-bond donors (Lipinski definition) is 1. The summed E-state index contributed by atoms with van der Waals surface area (Å²) in [5, 5.41) is 7.12. The molecule has 0 bridgehead atoms. The van der Waals surface area contributed by atoms with Crippen LogP contribution in [0.25, 0.3) is 11.3 Å². The van der Waals surface area contributed by atoms with Crippen LogP contribution >= 0.6 is 0 Å². The van der Waals surface area contributed by atoms with Gasteiger partial charge in [-0.3, -0.25) is 9.48 Å². The summed E-state index contributed by atoms with van der Waals surface area (Å²) in [6, 6.07) is 0. The van der Waals surface area contributed by atoms with Crippen LogP contribution in [-0.2, 0) is 38.8 Å². The zero-order valence-corrected chi connectivity index (χ0v) is 18.6. The predicted octanol–water partition coefficient (Wildman–Crippen LogP) is 3.07. The summed E-state index contributed by atoms with van der Waals surface area (Å²) in [4.78, 5) is 12.8. The Hall–Kier alpha value is -2.37. The Labute approximate surface area is 193 Å². The summed E-state index contributed by atoms with van der Waals surface area (Å²) in [5.74, 6) is -1.39. The van der Waals surface area contributed by atoms with Gasteiger partial charge in [0.25, 0.3) is 5.91 Å². The minimum absolute atomic E-state index is 0.109. The van der Waals surface area contributed by atoms with Gasteiger partial charge in [0.15, 0.2) is 0 Å². The van der Waals surface area contributed by atoms with Crippen molar-refractivity contribution in [3.8, 4) is 11.3 Å². The highest BCUT2D eigenvalue weighted by atomic mass is 19.4. The minimum Gasteiger partial charge on any atom is -0.454 e. The van der Waals surface area contributed by atoms with Crippen molar-refractivity contribution >= 4 is 5.91 Å². The predicted molar refractivity (Wildman–Crippen MR) is 111 cm³/mol. The second-order valence-corrected chi connectivity index (χ2v) is 9.59. The third-order valence-electron chi connectivity index (χ3n) is 7.18. The number of fused-ring (bicyclic) bond motifs is 4. The molecule has 11 heteroatoms. The maximum absolute atomic E-state index is 14.3. The molecule has 1 amide bonds. The summed E-state index contributed by atoms with van der Waals surface area (Å²) < 4.78 is 66.8. The number of carbonyl (C=O) groups is 1. The first-order chi connectivity index (χ1) is 16.3. The maximum Gasteiger partial charge on any atom is 0.420 e. The van der Waals surface area contributed by atoms with Gasteiger partial charge in [0.1, 0.15) is 23.1 Å². The summed E-state index contributed by atoms with van der Waals surface area (Å²) >= 11 is 0. The molecular weight excluding hydrogens is 455 g/mol. The number of ether oxygens (including phenoxy) is 3. The molecule has 4 heterocycles. The van der Waals surface area contributed by atoms with Gasteiger partial charge in [-0.2, -0.15) is 18.3 Å². The SMILES string of the molecule is O=C(NC[C@@H]1CCCO1)c1oc2c(c1C(F)(F)F)-c1nn(C[C@H]3COCCO3)cc1C1(CC1)C2. The molecule has 6 rings (SSSR count). The standard InChI is InChI=1S/C23H26F3N3O5/c24-23(25,26)18-17-16(34-20(18)21(30)27-9-13-2-1-5-32-13)8-22(3-4-22)15-11-29(28-19(15)17)10-14-12-31-6-7-33-14/h11,13-14H,1-10,12H2,(H,27,30)/t13-,14-/m0/s1. The summed E-state index contributed by atoms with van der Waals surface area (Å²) in [6.07, 6.45) is 0.298. The van der Waals surface area contributed by atoms with Crippen LogP contribution < -0.4 is 5.32 Å². The minimum atomic E-state index is -4.77. The lowest BCUT2D eigenvalue weighted by atomic mass is 9.82. The van der Waals surface area contributed by atoms with Gasteiger partial charge < -0.3 is 23.9 Å². The molecule has 0 aromatic carbocycles. The fourth-order valence-corrected chi connectivity index (χ4v) is 5.31. The Bertz CT molecular complexity index is 1090. The Morgan fingerprint density at radius 3 is 2.71 bits per heavy atom. The van der Waals surface area contributed by atoms with E-state index < -0.39 is 23.4 Å². The molecule has 2 aliphatic heterocycles. The number of nitrogens with one attached hydrogen (secondary N) is 1. The fraction of sp³-hybridized carbons (Fsp3) is 0.652. The van der Waals surface area contributed by atoms with E-state index in [1.807, 2.05) is 6.20 Å². The molecule has 0 radical (unpaired) electrons. The first-order valence-electron chi connectivity index (χ1n) is 11.7. The number of amides is 1. The third kappa shape index (κ3) is 3.83. The average Bonchev–Trinajstić information content (AvgIpc) is 3.17. The Morgan fingerprint density at radius 2 is 2.03 bits per heavy atom. The number of nitrogens with zero attached hydrogens (tertiary/aromatic N) is 2. The van der Waals surface area contributed by atoms with Gasteiger partial charge in [0.05, 0.1) is 38.0 Å². The molecule has 1 spiro atoms. The van der Waals surface area contributed by atoms with E-state index in [1.54, 1.807) is 4.68 Å². The zero-order valence-electron chi connectivity index (χ0n) is 18.6. The molecule has 8 nitrogen and oxygen atoms in total. The molecule has 4 aliphatic rings. The molecule has 3 fully saturated rings. The maximum atomic E-state index is 14.3. The van der Waals surface area contributed by atoms with E-state index >= 15 is 0 Å². The van der Waals surface area contributed by atoms with Crippen LogP contribution in [0.4, 0.5) is 13.2 Å². The Balaban J connectivity index is 1.36. The molecule has 2 aromatic rings. The molecular formula is C23H26F3N3O5. The third-order valence-corrected chi connectivity index (χ3v) is 7.18. The highest BCUT2D eigenvalue weighted by molar-refractivity contribution is 5.96. The van der Waals surface area contributed by atoms with E-state index in [0.29, 0.717) is 39.4 Å². The monoisotopic (exact) mass is 481 g/mol. The van der Waals surface area contributed by atoms with Crippen molar-refractivity contribution in [1.82, 2.24) is 15.1 Å². The lowest BCUT2D eigenvalue weighted by Gasteiger charge is -2.22. The number of carbonyl (C=O) groups excluding carboxylic acids is 1. The summed E-state index contributed by atoms with van der Waals surface area (Å²) in [6.45, 7) is 2.54. The van der Waals surface area contributed by atoms with Gasteiger partial charge in [-0.25, -0.2) is 0 Å². The molecule has 184 valence electrons. The van der Waals surface area contributed by atoms with E-state index in [0.717, 1.165) is 31.2 Å². The normalized spacial score (nSPS) is 25.3. The van der Waals surface area contributed by atoms with E-state index in [2.05, 4.69) is 10.4 Å². The number of furan rings is 1. The topological polar surface area (TPSA) is 87.8 Å². The number of halogens is 3. The number of rotatable bonds is 5. The van der Waals surface area contributed by atoms with Crippen LogP contribution in [0.15, 0.2) is 10.6 Å². The second kappa shape index (κ2) is 8.10. The van der Waals surface area contributed by atoms with Crippen molar-refractivity contribution in [1.29, 1.82) is 0 Å². The van der Waals surface area contributed by atoms with Crippen molar-refractivity contribution in [2.75, 3.05) is 33.0 Å². The van der Waals surface area contributed by atoms with Crippen LogP contribution in [-0.4, -0.2) is 60.9 Å². The molecule has 2 atom stereocenters. The van der Waals surface area contributed by atoms with E-state index in [-0.39, 0.29) is 41.2 Å². The van der Waals surface area contributed by atoms with Gasteiger partial charge in [-0.05, 0) is 25.7 Å². The van der Waals surface area contributed by atoms with Crippen LogP contribution in [0.1, 0.15) is 53.1 Å². The molecule has 34 heavy (non-hydrogen) atoms. The largest absolute Gasteiger partial charge is 0.454 e. The van der Waals surface area contributed by atoms with Gasteiger partial charge in [0.2, 0.25) is 5.76 Å². The van der Waals surface area contributed by atoms with Crippen molar-refractivity contribution in [2.24, 2.45) is 0 Å². The second-order valence-electron chi connectivity index (χ2n) is 9.59. The van der Waals surface area contributed by atoms with Crippen molar-refractivity contribution in [3.63, 3.8) is 0 Å². The fourth-order valence-electron chi connectivity index (χ4n) is 5.31. The summed E-state index contributed by atoms with van der Waals surface area (Å²) in [7, 11) is 0. The molecule has 2 aromatic heterocycles.